The van der Waals surface area contributed by atoms with Gasteiger partial charge in [-0.1, -0.05) is 20.3 Å². The molecule has 1 aliphatic carbocycles. The molecule has 0 aromatic heterocycles. The zero-order valence-electron chi connectivity index (χ0n) is 13.9. The molecule has 0 unspecified atom stereocenters. The predicted molar refractivity (Wildman–Crippen MR) is 92.2 cm³/mol. The zero-order valence-corrected chi connectivity index (χ0v) is 14.8. The van der Waals surface area contributed by atoms with E-state index in [4.69, 9.17) is 0 Å². The molecule has 0 heterocycles. The summed E-state index contributed by atoms with van der Waals surface area (Å²) < 4.78 is 27.3. The average Bonchev–Trinajstić information content (AvgIpc) is 2.57. The third-order valence-electron chi connectivity index (χ3n) is 4.43. The summed E-state index contributed by atoms with van der Waals surface area (Å²) >= 11 is 0. The molecule has 0 radical (unpaired) electrons. The Balaban J connectivity index is 2.16. The molecule has 23 heavy (non-hydrogen) atoms. The van der Waals surface area contributed by atoms with Gasteiger partial charge in [0.05, 0.1) is 4.90 Å². The number of sulfonamides is 1. The lowest BCUT2D eigenvalue weighted by atomic mass is 9.96. The van der Waals surface area contributed by atoms with Crippen LogP contribution in [0.2, 0.25) is 0 Å². The fourth-order valence-corrected chi connectivity index (χ4v) is 4.48. The first-order valence-electron chi connectivity index (χ1n) is 8.39. The number of nitrogens with zero attached hydrogens (tertiary/aromatic N) is 2. The fourth-order valence-electron chi connectivity index (χ4n) is 3.03. The lowest BCUT2D eigenvalue weighted by Crippen LogP contribution is -2.30. The van der Waals surface area contributed by atoms with Crippen LogP contribution < -0.4 is 0 Å². The van der Waals surface area contributed by atoms with Crippen molar-refractivity contribution in [2.24, 2.45) is 0 Å². The third-order valence-corrected chi connectivity index (χ3v) is 6.50. The van der Waals surface area contributed by atoms with E-state index in [1.54, 1.807) is 30.5 Å². The highest BCUT2D eigenvalue weighted by molar-refractivity contribution is 7.89. The Labute approximate surface area is 139 Å². The van der Waals surface area contributed by atoms with Crippen molar-refractivity contribution in [3.05, 3.63) is 35.0 Å². The Kier molecular flexibility index (Phi) is 6.18. The van der Waals surface area contributed by atoms with Crippen molar-refractivity contribution >= 4 is 16.2 Å². The highest BCUT2D eigenvalue weighted by Gasteiger charge is 2.22. The first kappa shape index (κ1) is 17.9. The fraction of sp³-hybridized carbons (Fsp3) is 0.588. The lowest BCUT2D eigenvalue weighted by molar-refractivity contribution is -0.500. The van der Waals surface area contributed by atoms with Crippen LogP contribution in [0.15, 0.2) is 29.2 Å². The molecular formula is C17H26N2O3S. The Morgan fingerprint density at radius 2 is 1.70 bits per heavy atom. The van der Waals surface area contributed by atoms with Gasteiger partial charge in [0.25, 0.3) is 0 Å². The molecule has 1 aromatic rings. The summed E-state index contributed by atoms with van der Waals surface area (Å²) in [5.41, 5.74) is 0.740. The number of benzene rings is 1. The van der Waals surface area contributed by atoms with Crippen molar-refractivity contribution in [2.75, 3.05) is 13.1 Å². The van der Waals surface area contributed by atoms with Gasteiger partial charge in [0.2, 0.25) is 10.0 Å². The van der Waals surface area contributed by atoms with Crippen LogP contribution >= 0.6 is 0 Å². The van der Waals surface area contributed by atoms with E-state index in [0.29, 0.717) is 13.1 Å². The summed E-state index contributed by atoms with van der Waals surface area (Å²) in [4.78, 5) is 0.272. The van der Waals surface area contributed by atoms with E-state index in [1.165, 1.54) is 10.7 Å². The van der Waals surface area contributed by atoms with Gasteiger partial charge in [-0.15, -0.1) is 0 Å². The Hall–Kier alpha value is -1.40. The van der Waals surface area contributed by atoms with E-state index in [1.807, 2.05) is 13.8 Å². The average molecular weight is 338 g/mol. The van der Waals surface area contributed by atoms with Crippen LogP contribution in [0.1, 0.15) is 51.5 Å². The van der Waals surface area contributed by atoms with Crippen molar-refractivity contribution in [2.45, 2.75) is 56.9 Å². The largest absolute Gasteiger partial charge is 0.624 e. The maximum Gasteiger partial charge on any atom is 0.243 e. The molecule has 128 valence electrons. The minimum absolute atomic E-state index is 0.0582. The molecule has 5 nitrogen and oxygen atoms in total. The first-order valence-corrected chi connectivity index (χ1v) is 9.83. The van der Waals surface area contributed by atoms with Crippen LogP contribution in [-0.4, -0.2) is 42.8 Å². The van der Waals surface area contributed by atoms with Gasteiger partial charge < -0.3 is 5.21 Å². The van der Waals surface area contributed by atoms with Crippen LogP contribution in [0.3, 0.4) is 0 Å². The molecular weight excluding hydrogens is 312 g/mol. The standard InChI is InChI=1S/C17H26N2O3S/c1-3-18(4-2)23(21,22)17-12-10-15(11-13-17)14-19(20)16-8-6-5-7-9-16/h10-14,16H,3-9H2,1-2H3. The second-order valence-corrected chi connectivity index (χ2v) is 7.88. The van der Waals surface area contributed by atoms with Gasteiger partial charge in [-0.05, 0) is 37.1 Å². The van der Waals surface area contributed by atoms with Crippen LogP contribution in [0.5, 0.6) is 0 Å². The van der Waals surface area contributed by atoms with Crippen molar-refractivity contribution in [3.8, 4) is 0 Å². The van der Waals surface area contributed by atoms with Crippen LogP contribution in [-0.2, 0) is 10.0 Å². The molecule has 0 bridgehead atoms. The molecule has 0 N–H and O–H groups in total. The van der Waals surface area contributed by atoms with Gasteiger partial charge in [0.15, 0.2) is 12.3 Å². The highest BCUT2D eigenvalue weighted by Crippen LogP contribution is 2.20. The van der Waals surface area contributed by atoms with Gasteiger partial charge in [-0.3, -0.25) is 0 Å². The molecule has 1 aromatic carbocycles. The van der Waals surface area contributed by atoms with E-state index in [2.05, 4.69) is 0 Å². The monoisotopic (exact) mass is 338 g/mol. The van der Waals surface area contributed by atoms with Gasteiger partial charge in [0.1, 0.15) is 0 Å². The summed E-state index contributed by atoms with van der Waals surface area (Å²) in [6, 6.07) is 6.61. The van der Waals surface area contributed by atoms with Gasteiger partial charge in [0, 0.05) is 31.5 Å². The van der Waals surface area contributed by atoms with Crippen molar-refractivity contribution in [3.63, 3.8) is 0 Å². The van der Waals surface area contributed by atoms with Gasteiger partial charge in [-0.2, -0.15) is 4.31 Å². The summed E-state index contributed by atoms with van der Waals surface area (Å²) in [6.07, 6.45) is 6.88. The number of rotatable bonds is 6. The van der Waals surface area contributed by atoms with E-state index < -0.39 is 10.0 Å². The number of hydrogen-bond acceptors (Lipinski definition) is 3. The summed E-state index contributed by atoms with van der Waals surface area (Å²) in [5, 5.41) is 12.2. The summed E-state index contributed by atoms with van der Waals surface area (Å²) in [6.45, 7) is 4.54. The maximum absolute atomic E-state index is 12.4. The number of hydroxylamine groups is 1. The zero-order chi connectivity index (χ0) is 16.9. The van der Waals surface area contributed by atoms with E-state index >= 15 is 0 Å². The van der Waals surface area contributed by atoms with Gasteiger partial charge in [-0.25, -0.2) is 13.2 Å². The maximum atomic E-state index is 12.4. The molecule has 0 saturated heterocycles. The minimum atomic E-state index is -3.44. The minimum Gasteiger partial charge on any atom is -0.624 e. The molecule has 1 saturated carbocycles. The molecule has 0 amide bonds. The highest BCUT2D eigenvalue weighted by atomic mass is 32.2. The second-order valence-electron chi connectivity index (χ2n) is 5.94. The van der Waals surface area contributed by atoms with Crippen LogP contribution in [0.4, 0.5) is 0 Å². The van der Waals surface area contributed by atoms with Crippen molar-refractivity contribution < 1.29 is 13.2 Å². The second kappa shape index (κ2) is 7.93. The molecule has 2 rings (SSSR count). The van der Waals surface area contributed by atoms with Crippen LogP contribution in [0.25, 0.3) is 0 Å². The Bertz CT molecular complexity index is 628. The molecule has 1 fully saturated rings. The Morgan fingerprint density at radius 1 is 1.13 bits per heavy atom. The third kappa shape index (κ3) is 4.32. The molecule has 1 aliphatic rings. The molecule has 0 spiro atoms. The van der Waals surface area contributed by atoms with E-state index in [0.717, 1.165) is 36.0 Å². The number of hydrogen-bond donors (Lipinski definition) is 0. The SMILES string of the molecule is CCN(CC)S(=O)(=O)c1ccc(C=[N+]([O-])C2CCCCC2)cc1. The van der Waals surface area contributed by atoms with Gasteiger partial charge >= 0.3 is 0 Å². The summed E-state index contributed by atoms with van der Waals surface area (Å²) in [7, 11) is -3.44. The van der Waals surface area contributed by atoms with Crippen molar-refractivity contribution in [1.29, 1.82) is 0 Å². The first-order chi connectivity index (χ1) is 11.0. The predicted octanol–water partition coefficient (Wildman–Crippen LogP) is 2.98. The molecule has 0 atom stereocenters. The van der Waals surface area contributed by atoms with E-state index in [-0.39, 0.29) is 10.9 Å². The molecule has 6 heteroatoms. The summed E-state index contributed by atoms with van der Waals surface area (Å²) in [5.74, 6) is 0. The lowest BCUT2D eigenvalue weighted by Gasteiger charge is -2.21. The smallest absolute Gasteiger partial charge is 0.243 e. The normalized spacial score (nSPS) is 17.6. The quantitative estimate of drug-likeness (QED) is 0.347. The molecule has 0 aliphatic heterocycles. The topological polar surface area (TPSA) is 63.5 Å². The van der Waals surface area contributed by atoms with E-state index in [9.17, 15) is 13.6 Å². The van der Waals surface area contributed by atoms with Crippen molar-refractivity contribution in [1.82, 2.24) is 4.31 Å². The van der Waals surface area contributed by atoms with Crippen LogP contribution in [0, 0.1) is 5.21 Å². The Morgan fingerprint density at radius 3 is 2.22 bits per heavy atom.